The molecule has 2 N–H and O–H groups in total. The minimum Gasteiger partial charge on any atom is -0.356 e. The Kier molecular flexibility index (Phi) is 7.12. The molecule has 1 aromatic carbocycles. The number of carbonyl (C=O) groups excluding carboxylic acids is 4. The molecule has 1 aliphatic carbocycles. The number of halogens is 3. The minimum absolute atomic E-state index is 0.0622. The van der Waals surface area contributed by atoms with E-state index in [1.165, 1.54) is 4.90 Å². The molecular formula is C25H27F3N4O6. The standard InChI is InChI=1S/C25H27F3N4O6/c26-25(27,28)37-12-18(33)17(10-13-8-9-29-22(13)34)30-23(35)21-15-6-3-4-14(15)11-32(21)24(36)20-16-5-1-2-7-19(16)38-31-20/h1-2,5,7,13-15,17,21H,3-4,6,8-12H2,(H,29,34)(H,30,35)/t13?,14-,15-,17?,21-/m0/s1. The van der Waals surface area contributed by atoms with Gasteiger partial charge in [-0.25, -0.2) is 0 Å². The Morgan fingerprint density at radius 2 is 2.00 bits per heavy atom. The normalized spacial score (nSPS) is 25.9. The number of ether oxygens (including phenoxy) is 1. The van der Waals surface area contributed by atoms with Crippen LogP contribution in [0.1, 0.15) is 42.6 Å². The number of fused-ring (bicyclic) bond motifs is 2. The number of benzene rings is 1. The second-order valence-corrected chi connectivity index (χ2v) is 10.1. The number of hydrogen-bond acceptors (Lipinski definition) is 7. The van der Waals surface area contributed by atoms with E-state index in [0.29, 0.717) is 36.9 Å². The van der Waals surface area contributed by atoms with Crippen LogP contribution in [-0.4, -0.2) is 71.7 Å². The van der Waals surface area contributed by atoms with Gasteiger partial charge in [-0.05, 0) is 49.7 Å². The summed E-state index contributed by atoms with van der Waals surface area (Å²) in [6.07, 6.45) is -2.43. The van der Waals surface area contributed by atoms with Crippen molar-refractivity contribution in [1.82, 2.24) is 20.7 Å². The molecule has 0 spiro atoms. The molecule has 3 fully saturated rings. The van der Waals surface area contributed by atoms with E-state index < -0.39 is 48.6 Å². The van der Waals surface area contributed by atoms with Crippen LogP contribution in [0.15, 0.2) is 28.8 Å². The Balaban J connectivity index is 1.38. The molecule has 2 saturated heterocycles. The summed E-state index contributed by atoms with van der Waals surface area (Å²) < 4.78 is 46.8. The highest BCUT2D eigenvalue weighted by atomic mass is 19.4. The summed E-state index contributed by atoms with van der Waals surface area (Å²) in [6.45, 7) is -0.617. The van der Waals surface area contributed by atoms with Crippen molar-refractivity contribution < 1.29 is 41.6 Å². The summed E-state index contributed by atoms with van der Waals surface area (Å²) in [4.78, 5) is 53.5. The van der Waals surface area contributed by atoms with Crippen molar-refractivity contribution in [2.24, 2.45) is 17.8 Å². The SMILES string of the molecule is O=C1NCCC1CC(NC(=O)[C@@H]1[C@H]2CCC[C@H]2CN1C(=O)c1noc2ccccc12)C(=O)COC(F)(F)F. The third kappa shape index (κ3) is 5.24. The first-order valence-electron chi connectivity index (χ1n) is 12.6. The number of nitrogens with one attached hydrogen (secondary N) is 2. The van der Waals surface area contributed by atoms with Crippen molar-refractivity contribution in [2.75, 3.05) is 19.7 Å². The molecule has 1 aromatic heterocycles. The van der Waals surface area contributed by atoms with Crippen molar-refractivity contribution in [3.8, 4) is 0 Å². The number of hydrogen-bond donors (Lipinski definition) is 2. The van der Waals surface area contributed by atoms with Crippen LogP contribution in [0, 0.1) is 17.8 Å². The fourth-order valence-corrected chi connectivity index (χ4v) is 5.96. The number of amides is 3. The molecule has 38 heavy (non-hydrogen) atoms. The van der Waals surface area contributed by atoms with Gasteiger partial charge in [-0.2, -0.15) is 0 Å². The number of nitrogens with zero attached hydrogens (tertiary/aromatic N) is 2. The highest BCUT2D eigenvalue weighted by Crippen LogP contribution is 2.43. The molecule has 3 aliphatic rings. The van der Waals surface area contributed by atoms with Gasteiger partial charge in [-0.15, -0.1) is 13.2 Å². The van der Waals surface area contributed by atoms with Crippen LogP contribution in [0.5, 0.6) is 0 Å². The van der Waals surface area contributed by atoms with Crippen LogP contribution in [0.2, 0.25) is 0 Å². The number of likely N-dealkylation sites (tertiary alicyclic amines) is 1. The van der Waals surface area contributed by atoms with E-state index in [1.807, 2.05) is 0 Å². The summed E-state index contributed by atoms with van der Waals surface area (Å²) in [5, 5.41) is 9.61. The Labute approximate surface area is 215 Å². The highest BCUT2D eigenvalue weighted by molar-refractivity contribution is 6.06. The summed E-state index contributed by atoms with van der Waals surface area (Å²) in [7, 11) is 0. The zero-order valence-corrected chi connectivity index (χ0v) is 20.3. The van der Waals surface area contributed by atoms with Gasteiger partial charge in [0.15, 0.2) is 17.1 Å². The molecular weight excluding hydrogens is 509 g/mol. The Hall–Kier alpha value is -3.48. The molecule has 3 amide bonds. The molecule has 13 heteroatoms. The third-order valence-corrected chi connectivity index (χ3v) is 7.77. The monoisotopic (exact) mass is 536 g/mol. The first-order chi connectivity index (χ1) is 18.1. The maximum Gasteiger partial charge on any atom is 0.522 e. The molecule has 5 atom stereocenters. The number of ketones is 1. The number of Topliss-reactive ketones (excluding diaryl/α,β-unsaturated/α-hetero) is 1. The molecule has 1 saturated carbocycles. The lowest BCUT2D eigenvalue weighted by atomic mass is 9.92. The molecule has 3 heterocycles. The largest absolute Gasteiger partial charge is 0.522 e. The molecule has 204 valence electrons. The topological polar surface area (TPSA) is 131 Å². The van der Waals surface area contributed by atoms with E-state index in [4.69, 9.17) is 4.52 Å². The summed E-state index contributed by atoms with van der Waals surface area (Å²) in [5.74, 6) is -3.23. The lowest BCUT2D eigenvalue weighted by molar-refractivity contribution is -0.321. The van der Waals surface area contributed by atoms with E-state index in [2.05, 4.69) is 20.5 Å². The van der Waals surface area contributed by atoms with Crippen LogP contribution in [0.25, 0.3) is 11.0 Å². The van der Waals surface area contributed by atoms with Crippen molar-refractivity contribution >= 4 is 34.5 Å². The van der Waals surface area contributed by atoms with Gasteiger partial charge in [-0.1, -0.05) is 23.7 Å². The number of alkyl halides is 3. The van der Waals surface area contributed by atoms with Gasteiger partial charge in [0.25, 0.3) is 5.91 Å². The van der Waals surface area contributed by atoms with E-state index in [9.17, 15) is 32.3 Å². The second kappa shape index (κ2) is 10.4. The quantitative estimate of drug-likeness (QED) is 0.529. The van der Waals surface area contributed by atoms with Gasteiger partial charge < -0.3 is 20.1 Å². The molecule has 0 radical (unpaired) electrons. The maximum atomic E-state index is 13.6. The third-order valence-electron chi connectivity index (χ3n) is 7.77. The first kappa shape index (κ1) is 26.1. The highest BCUT2D eigenvalue weighted by Gasteiger charge is 2.50. The predicted molar refractivity (Wildman–Crippen MR) is 124 cm³/mol. The second-order valence-electron chi connectivity index (χ2n) is 10.1. The average molecular weight is 537 g/mol. The van der Waals surface area contributed by atoms with Gasteiger partial charge in [0.05, 0.1) is 11.4 Å². The zero-order chi connectivity index (χ0) is 27.0. The van der Waals surface area contributed by atoms with Crippen LogP contribution in [0.3, 0.4) is 0 Å². The van der Waals surface area contributed by atoms with Crippen molar-refractivity contribution in [1.29, 1.82) is 0 Å². The smallest absolute Gasteiger partial charge is 0.356 e. The fourth-order valence-electron chi connectivity index (χ4n) is 5.96. The van der Waals surface area contributed by atoms with Crippen LogP contribution in [-0.2, 0) is 19.1 Å². The van der Waals surface area contributed by atoms with Gasteiger partial charge in [0, 0.05) is 19.0 Å². The first-order valence-corrected chi connectivity index (χ1v) is 12.6. The van der Waals surface area contributed by atoms with Crippen LogP contribution < -0.4 is 10.6 Å². The van der Waals surface area contributed by atoms with Crippen molar-refractivity contribution in [2.45, 2.75) is 50.6 Å². The number of carbonyl (C=O) groups is 4. The summed E-state index contributed by atoms with van der Waals surface area (Å²) in [5.41, 5.74) is 0.480. The predicted octanol–water partition coefficient (Wildman–Crippen LogP) is 2.18. The summed E-state index contributed by atoms with van der Waals surface area (Å²) in [6, 6.07) is 4.50. The Bertz CT molecular complexity index is 1250. The summed E-state index contributed by atoms with van der Waals surface area (Å²) >= 11 is 0. The number of para-hydroxylation sites is 1. The van der Waals surface area contributed by atoms with E-state index in [-0.39, 0.29) is 29.9 Å². The Morgan fingerprint density at radius 3 is 2.74 bits per heavy atom. The lowest BCUT2D eigenvalue weighted by Crippen LogP contribution is -2.54. The molecule has 2 unspecified atom stereocenters. The van der Waals surface area contributed by atoms with Gasteiger partial charge in [-0.3, -0.25) is 23.9 Å². The molecule has 10 nitrogen and oxygen atoms in total. The molecule has 0 bridgehead atoms. The molecule has 5 rings (SSSR count). The van der Waals surface area contributed by atoms with Crippen LogP contribution >= 0.6 is 0 Å². The van der Waals surface area contributed by atoms with Gasteiger partial charge in [0.2, 0.25) is 11.8 Å². The average Bonchev–Trinajstić information content (AvgIpc) is 3.65. The number of rotatable bonds is 8. The lowest BCUT2D eigenvalue weighted by Gasteiger charge is -2.29. The maximum absolute atomic E-state index is 13.6. The van der Waals surface area contributed by atoms with E-state index in [1.54, 1.807) is 24.3 Å². The molecule has 2 aliphatic heterocycles. The minimum atomic E-state index is -5.03. The number of aromatic nitrogens is 1. The van der Waals surface area contributed by atoms with Gasteiger partial charge in [0.1, 0.15) is 12.6 Å². The Morgan fingerprint density at radius 1 is 1.21 bits per heavy atom. The molecule has 2 aromatic rings. The van der Waals surface area contributed by atoms with E-state index >= 15 is 0 Å². The fraction of sp³-hybridized carbons (Fsp3) is 0.560. The van der Waals surface area contributed by atoms with Gasteiger partial charge >= 0.3 is 6.36 Å². The van der Waals surface area contributed by atoms with Crippen molar-refractivity contribution in [3.63, 3.8) is 0 Å². The van der Waals surface area contributed by atoms with Crippen LogP contribution in [0.4, 0.5) is 13.2 Å². The van der Waals surface area contributed by atoms with E-state index in [0.717, 1.165) is 12.8 Å². The zero-order valence-electron chi connectivity index (χ0n) is 20.3. The van der Waals surface area contributed by atoms with Crippen molar-refractivity contribution in [3.05, 3.63) is 30.0 Å².